The molecule has 0 saturated heterocycles. The van der Waals surface area contributed by atoms with Crippen LogP contribution in [0.3, 0.4) is 0 Å². The standard InChI is InChI=1S/C21H21BrN4O2/c1-25(2)17-7-4-10-20(13-17)28-15-21(27)24-23-14-19-9-5-11-26(19)18-8-3-6-16(22)12-18/h3-14H,15H2,1-2H3,(H,24,27)/b23-14+. The van der Waals surface area contributed by atoms with E-state index in [9.17, 15) is 4.79 Å². The third-order valence-electron chi connectivity index (χ3n) is 3.96. The number of hydrazone groups is 1. The van der Waals surface area contributed by atoms with Gasteiger partial charge >= 0.3 is 0 Å². The topological polar surface area (TPSA) is 58.9 Å². The van der Waals surface area contributed by atoms with Crippen molar-refractivity contribution in [2.24, 2.45) is 5.10 Å². The first-order valence-corrected chi connectivity index (χ1v) is 9.47. The van der Waals surface area contributed by atoms with Gasteiger partial charge in [-0.05, 0) is 42.5 Å². The molecule has 28 heavy (non-hydrogen) atoms. The van der Waals surface area contributed by atoms with Gasteiger partial charge in [-0.25, -0.2) is 5.43 Å². The summed E-state index contributed by atoms with van der Waals surface area (Å²) < 4.78 is 8.50. The molecule has 1 N–H and O–H groups in total. The van der Waals surface area contributed by atoms with Crippen molar-refractivity contribution < 1.29 is 9.53 Å². The number of ether oxygens (including phenoxy) is 1. The van der Waals surface area contributed by atoms with Crippen LogP contribution in [0.2, 0.25) is 0 Å². The summed E-state index contributed by atoms with van der Waals surface area (Å²) in [6, 6.07) is 19.3. The number of aromatic nitrogens is 1. The van der Waals surface area contributed by atoms with E-state index in [1.807, 2.05) is 90.4 Å². The van der Waals surface area contributed by atoms with E-state index in [0.29, 0.717) is 5.75 Å². The zero-order valence-corrected chi connectivity index (χ0v) is 17.3. The van der Waals surface area contributed by atoms with Gasteiger partial charge < -0.3 is 14.2 Å². The van der Waals surface area contributed by atoms with Crippen LogP contribution in [0.1, 0.15) is 5.69 Å². The van der Waals surface area contributed by atoms with Gasteiger partial charge in [-0.1, -0.05) is 28.1 Å². The van der Waals surface area contributed by atoms with Crippen LogP contribution >= 0.6 is 15.9 Å². The zero-order chi connectivity index (χ0) is 19.9. The molecule has 0 saturated carbocycles. The van der Waals surface area contributed by atoms with Gasteiger partial charge in [0.05, 0.1) is 11.9 Å². The molecule has 0 unspecified atom stereocenters. The van der Waals surface area contributed by atoms with Gasteiger partial charge in [0.1, 0.15) is 5.75 Å². The number of hydrogen-bond acceptors (Lipinski definition) is 4. The number of anilines is 1. The van der Waals surface area contributed by atoms with Crippen molar-refractivity contribution in [2.45, 2.75) is 0 Å². The van der Waals surface area contributed by atoms with Gasteiger partial charge in [0.2, 0.25) is 0 Å². The number of hydrogen-bond donors (Lipinski definition) is 1. The second-order valence-corrected chi connectivity index (χ2v) is 7.17. The molecule has 0 bridgehead atoms. The molecule has 0 atom stereocenters. The second kappa shape index (κ2) is 9.23. The highest BCUT2D eigenvalue weighted by molar-refractivity contribution is 9.10. The summed E-state index contributed by atoms with van der Waals surface area (Å²) in [6.07, 6.45) is 3.54. The Balaban J connectivity index is 1.56. The third-order valence-corrected chi connectivity index (χ3v) is 4.45. The van der Waals surface area contributed by atoms with Crippen molar-refractivity contribution in [1.29, 1.82) is 0 Å². The molecule has 1 amide bonds. The maximum absolute atomic E-state index is 12.0. The zero-order valence-electron chi connectivity index (χ0n) is 15.7. The van der Waals surface area contributed by atoms with Crippen LogP contribution in [-0.4, -0.2) is 37.4 Å². The van der Waals surface area contributed by atoms with Crippen LogP contribution in [0.4, 0.5) is 5.69 Å². The van der Waals surface area contributed by atoms with Gasteiger partial charge in [0.25, 0.3) is 5.91 Å². The minimum absolute atomic E-state index is 0.110. The Kier molecular flexibility index (Phi) is 6.49. The normalized spacial score (nSPS) is 10.8. The molecule has 3 aromatic rings. The Morgan fingerprint density at radius 1 is 1.18 bits per heavy atom. The van der Waals surface area contributed by atoms with Crippen LogP contribution in [0.15, 0.2) is 76.4 Å². The Hall–Kier alpha value is -3.06. The van der Waals surface area contributed by atoms with Crippen molar-refractivity contribution in [1.82, 2.24) is 9.99 Å². The maximum atomic E-state index is 12.0. The summed E-state index contributed by atoms with van der Waals surface area (Å²) in [5, 5.41) is 4.04. The monoisotopic (exact) mass is 440 g/mol. The fourth-order valence-electron chi connectivity index (χ4n) is 2.56. The van der Waals surface area contributed by atoms with Crippen molar-refractivity contribution in [3.8, 4) is 11.4 Å². The molecular weight excluding hydrogens is 420 g/mol. The lowest BCUT2D eigenvalue weighted by atomic mass is 10.3. The van der Waals surface area contributed by atoms with E-state index >= 15 is 0 Å². The Labute approximate surface area is 172 Å². The number of nitrogens with zero attached hydrogens (tertiary/aromatic N) is 3. The number of halogens is 1. The average molecular weight is 441 g/mol. The molecule has 0 fully saturated rings. The second-order valence-electron chi connectivity index (χ2n) is 6.26. The van der Waals surface area contributed by atoms with E-state index in [0.717, 1.165) is 21.5 Å². The molecular formula is C21H21BrN4O2. The molecule has 6 nitrogen and oxygen atoms in total. The van der Waals surface area contributed by atoms with Crippen molar-refractivity contribution in [3.05, 3.63) is 77.0 Å². The molecule has 3 rings (SSSR count). The Bertz CT molecular complexity index is 982. The lowest BCUT2D eigenvalue weighted by Crippen LogP contribution is -2.24. The highest BCUT2D eigenvalue weighted by Gasteiger charge is 2.04. The van der Waals surface area contributed by atoms with Gasteiger partial charge in [-0.2, -0.15) is 5.10 Å². The molecule has 0 aliphatic rings. The summed E-state index contributed by atoms with van der Waals surface area (Å²) in [5.41, 5.74) is 5.34. The predicted octanol–water partition coefficient (Wildman–Crippen LogP) is 3.83. The first-order valence-electron chi connectivity index (χ1n) is 8.68. The first-order chi connectivity index (χ1) is 13.5. The Morgan fingerprint density at radius 2 is 2.00 bits per heavy atom. The number of benzene rings is 2. The average Bonchev–Trinajstić information content (AvgIpc) is 3.15. The molecule has 2 aromatic carbocycles. The van der Waals surface area contributed by atoms with Crippen LogP contribution in [0.5, 0.6) is 5.75 Å². The number of rotatable bonds is 7. The first kappa shape index (κ1) is 19.7. The predicted molar refractivity (Wildman–Crippen MR) is 115 cm³/mol. The van der Waals surface area contributed by atoms with Gasteiger partial charge in [0, 0.05) is 42.2 Å². The Morgan fingerprint density at radius 3 is 2.79 bits per heavy atom. The molecule has 7 heteroatoms. The SMILES string of the molecule is CN(C)c1cccc(OCC(=O)N/N=C/c2cccn2-c2cccc(Br)c2)c1. The third kappa shape index (κ3) is 5.23. The van der Waals surface area contributed by atoms with Gasteiger partial charge in [-0.15, -0.1) is 0 Å². The molecule has 1 heterocycles. The van der Waals surface area contributed by atoms with Crippen molar-refractivity contribution in [3.63, 3.8) is 0 Å². The molecule has 1 aromatic heterocycles. The fraction of sp³-hybridized carbons (Fsp3) is 0.143. The summed E-state index contributed by atoms with van der Waals surface area (Å²) in [7, 11) is 3.90. The van der Waals surface area contributed by atoms with E-state index < -0.39 is 0 Å². The highest BCUT2D eigenvalue weighted by atomic mass is 79.9. The molecule has 0 spiro atoms. The molecule has 0 aliphatic heterocycles. The van der Waals surface area contributed by atoms with E-state index in [1.54, 1.807) is 6.21 Å². The summed E-state index contributed by atoms with van der Waals surface area (Å²) in [6.45, 7) is -0.110. The quantitative estimate of drug-likeness (QED) is 0.448. The highest BCUT2D eigenvalue weighted by Crippen LogP contribution is 2.19. The lowest BCUT2D eigenvalue weighted by Gasteiger charge is -2.13. The van der Waals surface area contributed by atoms with E-state index in [2.05, 4.69) is 26.5 Å². The minimum Gasteiger partial charge on any atom is -0.484 e. The molecule has 0 radical (unpaired) electrons. The number of carbonyl (C=O) groups excluding carboxylic acids is 1. The van der Waals surface area contributed by atoms with E-state index in [-0.39, 0.29) is 12.5 Å². The van der Waals surface area contributed by atoms with E-state index in [1.165, 1.54) is 0 Å². The maximum Gasteiger partial charge on any atom is 0.277 e. The molecule has 144 valence electrons. The summed E-state index contributed by atoms with van der Waals surface area (Å²) in [5.74, 6) is 0.306. The van der Waals surface area contributed by atoms with Crippen molar-refractivity contribution in [2.75, 3.05) is 25.6 Å². The molecule has 0 aliphatic carbocycles. The lowest BCUT2D eigenvalue weighted by molar-refractivity contribution is -0.123. The summed E-state index contributed by atoms with van der Waals surface area (Å²) >= 11 is 3.47. The smallest absolute Gasteiger partial charge is 0.277 e. The van der Waals surface area contributed by atoms with E-state index in [4.69, 9.17) is 4.74 Å². The van der Waals surface area contributed by atoms with Crippen molar-refractivity contribution >= 4 is 33.7 Å². The number of nitrogens with one attached hydrogen (secondary N) is 1. The fourth-order valence-corrected chi connectivity index (χ4v) is 2.95. The van der Waals surface area contributed by atoms with Gasteiger partial charge in [0.15, 0.2) is 6.61 Å². The van der Waals surface area contributed by atoms with Crippen LogP contribution < -0.4 is 15.1 Å². The minimum atomic E-state index is -0.327. The van der Waals surface area contributed by atoms with Gasteiger partial charge in [-0.3, -0.25) is 4.79 Å². The summed E-state index contributed by atoms with van der Waals surface area (Å²) in [4.78, 5) is 14.0. The van der Waals surface area contributed by atoms with Crippen LogP contribution in [0.25, 0.3) is 5.69 Å². The number of amides is 1. The van der Waals surface area contributed by atoms with Crippen LogP contribution in [-0.2, 0) is 4.79 Å². The number of carbonyl (C=O) groups is 1. The largest absolute Gasteiger partial charge is 0.484 e. The van der Waals surface area contributed by atoms with Crippen LogP contribution in [0, 0.1) is 0 Å².